The molecule has 174 valence electrons. The van der Waals surface area contributed by atoms with E-state index in [1.54, 1.807) is 5.57 Å². The summed E-state index contributed by atoms with van der Waals surface area (Å²) in [6.45, 7) is 8.41. The molecule has 0 aromatic heterocycles. The first-order valence-electron chi connectivity index (χ1n) is 13.1. The van der Waals surface area contributed by atoms with Gasteiger partial charge in [0, 0.05) is 25.7 Å². The molecule has 31 heavy (non-hydrogen) atoms. The Labute approximate surface area is 190 Å². The third kappa shape index (κ3) is 3.03. The Kier molecular flexibility index (Phi) is 5.37. The van der Waals surface area contributed by atoms with E-state index < -0.39 is 0 Å². The molecule has 1 amide bonds. The van der Waals surface area contributed by atoms with Crippen LogP contribution < -0.4 is 5.73 Å². The van der Waals surface area contributed by atoms with Crippen LogP contribution in [-0.4, -0.2) is 54.5 Å². The van der Waals surface area contributed by atoms with E-state index in [2.05, 4.69) is 31.9 Å². The predicted molar refractivity (Wildman–Crippen MR) is 126 cm³/mol. The van der Waals surface area contributed by atoms with Crippen molar-refractivity contribution in [1.82, 2.24) is 9.80 Å². The van der Waals surface area contributed by atoms with Gasteiger partial charge in [0.05, 0.1) is 6.04 Å². The summed E-state index contributed by atoms with van der Waals surface area (Å²) in [5.41, 5.74) is 8.70. The summed E-state index contributed by atoms with van der Waals surface area (Å²) in [6, 6.07) is 0.751. The van der Waals surface area contributed by atoms with E-state index in [0.29, 0.717) is 16.9 Å². The van der Waals surface area contributed by atoms with E-state index in [1.807, 2.05) is 18.9 Å². The molecular weight excluding hydrogens is 382 g/mol. The van der Waals surface area contributed by atoms with E-state index in [9.17, 15) is 4.79 Å². The number of likely N-dealkylation sites (tertiary alicyclic amines) is 1. The topological polar surface area (TPSA) is 49.6 Å². The molecule has 5 aliphatic rings. The van der Waals surface area contributed by atoms with Crippen LogP contribution >= 0.6 is 0 Å². The summed E-state index contributed by atoms with van der Waals surface area (Å²) in [6.07, 6.45) is 13.9. The minimum atomic E-state index is -0.347. The minimum absolute atomic E-state index is 0.126. The van der Waals surface area contributed by atoms with Crippen molar-refractivity contribution in [3.8, 4) is 0 Å². The molecule has 9 atom stereocenters. The Balaban J connectivity index is 1.36. The molecule has 4 nitrogen and oxygen atoms in total. The predicted octanol–water partition coefficient (Wildman–Crippen LogP) is 4.44. The molecule has 1 aliphatic heterocycles. The van der Waals surface area contributed by atoms with Crippen LogP contribution in [0.1, 0.15) is 78.6 Å². The lowest BCUT2D eigenvalue weighted by Crippen LogP contribution is -2.54. The molecule has 0 radical (unpaired) electrons. The fourth-order valence-corrected chi connectivity index (χ4v) is 9.39. The SMILES string of the molecule is CC[C@@H](N)C(=O)N(C)[C@H]1CC[C@@]2(C)C(=CC[C@@H]3C2CC[C@]24CN(C)[C@@H](C)[C@H]2CC[C@@H]34)C1. The average Bonchev–Trinajstić information content (AvgIpc) is 3.25. The smallest absolute Gasteiger partial charge is 0.239 e. The van der Waals surface area contributed by atoms with Gasteiger partial charge < -0.3 is 15.5 Å². The van der Waals surface area contributed by atoms with Crippen LogP contribution in [0.15, 0.2) is 11.6 Å². The summed E-state index contributed by atoms with van der Waals surface area (Å²) >= 11 is 0. The van der Waals surface area contributed by atoms with Crippen LogP contribution in [0, 0.1) is 34.5 Å². The van der Waals surface area contributed by atoms with Gasteiger partial charge in [-0.2, -0.15) is 0 Å². The second-order valence-electron chi connectivity index (χ2n) is 12.2. The highest BCUT2D eigenvalue weighted by Gasteiger charge is 2.64. The molecular formula is C27H45N3O. The van der Waals surface area contributed by atoms with Gasteiger partial charge in [-0.05, 0) is 106 Å². The van der Waals surface area contributed by atoms with Gasteiger partial charge in [0.15, 0.2) is 0 Å². The zero-order valence-corrected chi connectivity index (χ0v) is 20.6. The number of hydrogen-bond acceptors (Lipinski definition) is 3. The number of carbonyl (C=O) groups is 1. The first kappa shape index (κ1) is 21.9. The quantitative estimate of drug-likeness (QED) is 0.677. The highest BCUT2D eigenvalue weighted by molar-refractivity contribution is 5.81. The highest BCUT2D eigenvalue weighted by Crippen LogP contribution is 2.68. The summed E-state index contributed by atoms with van der Waals surface area (Å²) < 4.78 is 0. The van der Waals surface area contributed by atoms with Gasteiger partial charge in [-0.1, -0.05) is 25.5 Å². The molecule has 5 rings (SSSR count). The third-order valence-electron chi connectivity index (χ3n) is 11.3. The third-order valence-corrected chi connectivity index (χ3v) is 11.3. The molecule has 1 unspecified atom stereocenters. The van der Waals surface area contributed by atoms with Gasteiger partial charge in [0.1, 0.15) is 0 Å². The summed E-state index contributed by atoms with van der Waals surface area (Å²) in [4.78, 5) is 17.4. The Morgan fingerprint density at radius 3 is 2.71 bits per heavy atom. The molecule has 3 saturated carbocycles. The summed E-state index contributed by atoms with van der Waals surface area (Å²) in [7, 11) is 4.35. The van der Waals surface area contributed by atoms with Gasteiger partial charge in [-0.3, -0.25) is 4.79 Å². The van der Waals surface area contributed by atoms with Crippen molar-refractivity contribution in [3.05, 3.63) is 11.6 Å². The van der Waals surface area contributed by atoms with Crippen molar-refractivity contribution in [3.63, 3.8) is 0 Å². The van der Waals surface area contributed by atoms with Crippen molar-refractivity contribution in [2.75, 3.05) is 20.6 Å². The van der Waals surface area contributed by atoms with Crippen molar-refractivity contribution in [2.24, 2.45) is 40.2 Å². The Bertz CT molecular complexity index is 764. The fourth-order valence-electron chi connectivity index (χ4n) is 9.39. The normalized spacial score (nSPS) is 47.6. The molecule has 4 fully saturated rings. The van der Waals surface area contributed by atoms with Crippen LogP contribution in [0.25, 0.3) is 0 Å². The van der Waals surface area contributed by atoms with E-state index in [-0.39, 0.29) is 11.9 Å². The molecule has 1 saturated heterocycles. The first-order chi connectivity index (χ1) is 14.7. The largest absolute Gasteiger partial charge is 0.341 e. The number of hydrogen-bond donors (Lipinski definition) is 1. The molecule has 0 aromatic carbocycles. The molecule has 4 aliphatic carbocycles. The number of nitrogens with two attached hydrogens (primary N) is 1. The van der Waals surface area contributed by atoms with Crippen LogP contribution in [0.3, 0.4) is 0 Å². The first-order valence-corrected chi connectivity index (χ1v) is 13.1. The Morgan fingerprint density at radius 1 is 1.23 bits per heavy atom. The number of rotatable bonds is 3. The second-order valence-corrected chi connectivity index (χ2v) is 12.2. The maximum absolute atomic E-state index is 12.7. The number of allylic oxidation sites excluding steroid dienone is 1. The minimum Gasteiger partial charge on any atom is -0.341 e. The maximum atomic E-state index is 12.7. The standard InChI is InChI=1S/C27H45N3O/c1-6-24(28)25(31)30(5)19-11-13-26(3)18(15-19)7-8-20-22(26)12-14-27-16-29(4)17(2)21(27)9-10-23(20)27/h7,17,19-24H,6,8-16,28H2,1-5H3/t17-,19-,20+,21+,22?,23-,24+,26-,27-/m0/s1. The maximum Gasteiger partial charge on any atom is 0.239 e. The van der Waals surface area contributed by atoms with E-state index in [1.165, 1.54) is 45.1 Å². The Hall–Kier alpha value is -0.870. The average molecular weight is 428 g/mol. The van der Waals surface area contributed by atoms with Gasteiger partial charge in [0.2, 0.25) is 5.91 Å². The number of fused-ring (bicyclic) bond motifs is 4. The zero-order valence-electron chi connectivity index (χ0n) is 20.6. The lowest BCUT2D eigenvalue weighted by molar-refractivity contribution is -0.134. The van der Waals surface area contributed by atoms with Gasteiger partial charge in [-0.15, -0.1) is 0 Å². The monoisotopic (exact) mass is 427 g/mol. The molecule has 1 heterocycles. The summed E-state index contributed by atoms with van der Waals surface area (Å²) in [5.74, 6) is 3.72. The van der Waals surface area contributed by atoms with Gasteiger partial charge in [-0.25, -0.2) is 0 Å². The van der Waals surface area contributed by atoms with E-state index in [4.69, 9.17) is 5.73 Å². The molecule has 0 bridgehead atoms. The molecule has 1 spiro atoms. The number of nitrogens with zero attached hydrogens (tertiary/aromatic N) is 2. The Morgan fingerprint density at radius 2 is 1.97 bits per heavy atom. The van der Waals surface area contributed by atoms with Crippen molar-refractivity contribution in [2.45, 2.75) is 96.7 Å². The number of likely N-dealkylation sites (N-methyl/N-ethyl adjacent to an activating group) is 1. The van der Waals surface area contributed by atoms with E-state index >= 15 is 0 Å². The fraction of sp³-hybridized carbons (Fsp3) is 0.889. The van der Waals surface area contributed by atoms with Crippen LogP contribution in [0.2, 0.25) is 0 Å². The number of amides is 1. The summed E-state index contributed by atoms with van der Waals surface area (Å²) in [5, 5.41) is 0. The highest BCUT2D eigenvalue weighted by atomic mass is 16.2. The van der Waals surface area contributed by atoms with Crippen molar-refractivity contribution < 1.29 is 4.79 Å². The molecule has 0 aromatic rings. The molecule has 2 N–H and O–H groups in total. The van der Waals surface area contributed by atoms with Crippen molar-refractivity contribution in [1.29, 1.82) is 0 Å². The van der Waals surface area contributed by atoms with Gasteiger partial charge in [0.25, 0.3) is 0 Å². The van der Waals surface area contributed by atoms with Gasteiger partial charge >= 0.3 is 0 Å². The zero-order chi connectivity index (χ0) is 22.1. The van der Waals surface area contributed by atoms with Crippen LogP contribution in [-0.2, 0) is 4.79 Å². The lowest BCUT2D eigenvalue weighted by atomic mass is 9.47. The van der Waals surface area contributed by atoms with E-state index in [0.717, 1.165) is 49.0 Å². The van der Waals surface area contributed by atoms with Crippen LogP contribution in [0.5, 0.6) is 0 Å². The van der Waals surface area contributed by atoms with Crippen LogP contribution in [0.4, 0.5) is 0 Å². The molecule has 4 heteroatoms. The van der Waals surface area contributed by atoms with Crippen molar-refractivity contribution >= 4 is 5.91 Å². The number of carbonyl (C=O) groups excluding carboxylic acids is 1. The lowest BCUT2D eigenvalue weighted by Gasteiger charge is -2.58. The second kappa shape index (κ2) is 7.58.